The third-order valence-electron chi connectivity index (χ3n) is 2.35. The highest BCUT2D eigenvalue weighted by Crippen LogP contribution is 2.10. The fourth-order valence-electron chi connectivity index (χ4n) is 1.52. The van der Waals surface area contributed by atoms with Crippen molar-refractivity contribution in [3.63, 3.8) is 0 Å². The highest BCUT2D eigenvalue weighted by atomic mass is 16.6. The van der Waals surface area contributed by atoms with Gasteiger partial charge in [-0.3, -0.25) is 9.69 Å². The molecule has 0 aliphatic carbocycles. The third kappa shape index (κ3) is 4.68. The van der Waals surface area contributed by atoms with Gasteiger partial charge in [0.2, 0.25) is 6.10 Å². The molecule has 0 saturated carbocycles. The van der Waals surface area contributed by atoms with Gasteiger partial charge in [-0.2, -0.15) is 0 Å². The number of carbonyl (C=O) groups is 2. The van der Waals surface area contributed by atoms with Crippen LogP contribution in [0.1, 0.15) is 6.42 Å². The Labute approximate surface area is 98.9 Å². The van der Waals surface area contributed by atoms with Crippen LogP contribution in [0.4, 0.5) is 0 Å². The Hall–Kier alpha value is -1.18. The number of ether oxygens (including phenoxy) is 2. The molecule has 7 heteroatoms. The SMILES string of the molecule is O=C(CN(CCO)CCO)OC1CCOC1=O. The summed E-state index contributed by atoms with van der Waals surface area (Å²) in [4.78, 5) is 24.1. The number of carbonyl (C=O) groups excluding carboxylic acids is 2. The lowest BCUT2D eigenvalue weighted by Crippen LogP contribution is -2.37. The number of aliphatic hydroxyl groups excluding tert-OH is 2. The van der Waals surface area contributed by atoms with Crippen LogP contribution in [0.25, 0.3) is 0 Å². The fourth-order valence-corrected chi connectivity index (χ4v) is 1.52. The molecular formula is C10H17NO6. The molecule has 1 rings (SSSR count). The van der Waals surface area contributed by atoms with Crippen molar-refractivity contribution in [2.24, 2.45) is 0 Å². The van der Waals surface area contributed by atoms with E-state index in [1.165, 1.54) is 0 Å². The van der Waals surface area contributed by atoms with Gasteiger partial charge >= 0.3 is 11.9 Å². The first kappa shape index (κ1) is 13.9. The van der Waals surface area contributed by atoms with E-state index in [0.717, 1.165) is 0 Å². The molecular weight excluding hydrogens is 230 g/mol. The van der Waals surface area contributed by atoms with Crippen LogP contribution in [0, 0.1) is 0 Å². The van der Waals surface area contributed by atoms with Gasteiger partial charge in [0, 0.05) is 19.5 Å². The number of rotatable bonds is 7. The second kappa shape index (κ2) is 7.21. The van der Waals surface area contributed by atoms with E-state index in [1.807, 2.05) is 0 Å². The Morgan fingerprint density at radius 2 is 2.06 bits per heavy atom. The second-order valence-electron chi connectivity index (χ2n) is 3.66. The van der Waals surface area contributed by atoms with E-state index in [9.17, 15) is 9.59 Å². The summed E-state index contributed by atoms with van der Waals surface area (Å²) in [6.07, 6.45) is -0.433. The largest absolute Gasteiger partial charge is 0.463 e. The zero-order valence-electron chi connectivity index (χ0n) is 9.50. The zero-order chi connectivity index (χ0) is 12.7. The van der Waals surface area contributed by atoms with Crippen LogP contribution >= 0.6 is 0 Å². The molecule has 1 unspecified atom stereocenters. The Bertz CT molecular complexity index is 264. The van der Waals surface area contributed by atoms with Crippen molar-refractivity contribution in [1.29, 1.82) is 0 Å². The normalized spacial score (nSPS) is 19.5. The van der Waals surface area contributed by atoms with Gasteiger partial charge < -0.3 is 19.7 Å². The lowest BCUT2D eigenvalue weighted by molar-refractivity contribution is -0.161. The van der Waals surface area contributed by atoms with Gasteiger partial charge in [-0.05, 0) is 0 Å². The molecule has 0 aromatic carbocycles. The van der Waals surface area contributed by atoms with Crippen molar-refractivity contribution in [1.82, 2.24) is 4.90 Å². The molecule has 0 bridgehead atoms. The van der Waals surface area contributed by atoms with E-state index >= 15 is 0 Å². The van der Waals surface area contributed by atoms with Gasteiger partial charge in [-0.15, -0.1) is 0 Å². The van der Waals surface area contributed by atoms with Crippen molar-refractivity contribution >= 4 is 11.9 Å². The van der Waals surface area contributed by atoms with Gasteiger partial charge in [-0.25, -0.2) is 4.79 Å². The summed E-state index contributed by atoms with van der Waals surface area (Å²) in [5, 5.41) is 17.5. The molecule has 0 aromatic rings. The minimum atomic E-state index is -0.812. The van der Waals surface area contributed by atoms with Crippen LogP contribution in [0.15, 0.2) is 0 Å². The van der Waals surface area contributed by atoms with Gasteiger partial charge in [0.1, 0.15) is 0 Å². The molecule has 1 atom stereocenters. The summed E-state index contributed by atoms with van der Waals surface area (Å²) in [6, 6.07) is 0. The molecule has 98 valence electrons. The first-order chi connectivity index (χ1) is 8.17. The molecule has 2 N–H and O–H groups in total. The number of aliphatic hydroxyl groups is 2. The highest BCUT2D eigenvalue weighted by molar-refractivity contribution is 5.81. The summed E-state index contributed by atoms with van der Waals surface area (Å²) < 4.78 is 9.58. The Morgan fingerprint density at radius 3 is 2.53 bits per heavy atom. The average molecular weight is 247 g/mol. The zero-order valence-corrected chi connectivity index (χ0v) is 9.50. The standard InChI is InChI=1S/C10H17NO6/c12-4-2-11(3-5-13)7-9(14)17-8-1-6-16-10(8)15/h8,12-13H,1-7H2. The highest BCUT2D eigenvalue weighted by Gasteiger charge is 2.30. The summed E-state index contributed by atoms with van der Waals surface area (Å²) in [6.45, 7) is 0.520. The van der Waals surface area contributed by atoms with Crippen LogP contribution in [0.5, 0.6) is 0 Å². The lowest BCUT2D eigenvalue weighted by atomic mass is 10.3. The molecule has 1 heterocycles. The van der Waals surface area contributed by atoms with E-state index in [-0.39, 0.29) is 39.5 Å². The Morgan fingerprint density at radius 1 is 1.41 bits per heavy atom. The van der Waals surface area contributed by atoms with E-state index < -0.39 is 18.0 Å². The predicted molar refractivity (Wildman–Crippen MR) is 56.1 cm³/mol. The topological polar surface area (TPSA) is 96.3 Å². The minimum Gasteiger partial charge on any atom is -0.463 e. The van der Waals surface area contributed by atoms with Crippen LogP contribution in [0.3, 0.4) is 0 Å². The van der Waals surface area contributed by atoms with E-state index in [1.54, 1.807) is 4.90 Å². The van der Waals surface area contributed by atoms with E-state index in [0.29, 0.717) is 6.42 Å². The molecule has 17 heavy (non-hydrogen) atoms. The van der Waals surface area contributed by atoms with Crippen LogP contribution in [0.2, 0.25) is 0 Å². The van der Waals surface area contributed by atoms with Crippen molar-refractivity contribution in [3.8, 4) is 0 Å². The number of cyclic esters (lactones) is 1. The maximum atomic E-state index is 11.5. The monoisotopic (exact) mass is 247 g/mol. The molecule has 1 aliphatic heterocycles. The number of esters is 2. The lowest BCUT2D eigenvalue weighted by Gasteiger charge is -2.19. The molecule has 0 amide bonds. The van der Waals surface area contributed by atoms with Crippen molar-refractivity contribution in [3.05, 3.63) is 0 Å². The van der Waals surface area contributed by atoms with E-state index in [2.05, 4.69) is 4.74 Å². The maximum absolute atomic E-state index is 11.5. The predicted octanol–water partition coefficient (Wildman–Crippen LogP) is -1.87. The molecule has 0 radical (unpaired) electrons. The molecule has 7 nitrogen and oxygen atoms in total. The van der Waals surface area contributed by atoms with Crippen molar-refractivity contribution in [2.75, 3.05) is 39.5 Å². The van der Waals surface area contributed by atoms with E-state index in [4.69, 9.17) is 14.9 Å². The smallest absolute Gasteiger partial charge is 0.347 e. The van der Waals surface area contributed by atoms with Crippen molar-refractivity contribution in [2.45, 2.75) is 12.5 Å². The van der Waals surface area contributed by atoms with Gasteiger partial charge in [0.25, 0.3) is 0 Å². The minimum absolute atomic E-state index is 0.0646. The number of hydrogen-bond acceptors (Lipinski definition) is 7. The average Bonchev–Trinajstić information content (AvgIpc) is 2.65. The molecule has 1 aliphatic rings. The summed E-state index contributed by atoms with van der Waals surface area (Å²) in [5.74, 6) is -1.08. The number of hydrogen-bond donors (Lipinski definition) is 2. The second-order valence-corrected chi connectivity index (χ2v) is 3.66. The first-order valence-electron chi connectivity index (χ1n) is 5.47. The molecule has 1 saturated heterocycles. The molecule has 1 fully saturated rings. The number of nitrogens with zero attached hydrogens (tertiary/aromatic N) is 1. The van der Waals surface area contributed by atoms with Crippen LogP contribution in [-0.2, 0) is 19.1 Å². The van der Waals surface area contributed by atoms with Crippen molar-refractivity contribution < 1.29 is 29.3 Å². The van der Waals surface area contributed by atoms with Gasteiger partial charge in [0.05, 0.1) is 26.4 Å². The quantitative estimate of drug-likeness (QED) is 0.509. The van der Waals surface area contributed by atoms with Crippen LogP contribution < -0.4 is 0 Å². The summed E-state index contributed by atoms with van der Waals surface area (Å²) >= 11 is 0. The fraction of sp³-hybridized carbons (Fsp3) is 0.800. The summed E-state index contributed by atoms with van der Waals surface area (Å²) in [7, 11) is 0. The Kier molecular flexibility index (Phi) is 5.88. The third-order valence-corrected chi connectivity index (χ3v) is 2.35. The Balaban J connectivity index is 2.33. The van der Waals surface area contributed by atoms with Crippen LogP contribution in [-0.4, -0.2) is 72.6 Å². The molecule has 0 aromatic heterocycles. The van der Waals surface area contributed by atoms with Gasteiger partial charge in [-0.1, -0.05) is 0 Å². The summed E-state index contributed by atoms with van der Waals surface area (Å²) in [5.41, 5.74) is 0. The first-order valence-corrected chi connectivity index (χ1v) is 5.47. The van der Waals surface area contributed by atoms with Gasteiger partial charge in [0.15, 0.2) is 0 Å². The molecule has 0 spiro atoms. The maximum Gasteiger partial charge on any atom is 0.347 e.